The molecule has 2 aliphatic carbocycles. The van der Waals surface area contributed by atoms with E-state index in [0.29, 0.717) is 12.5 Å². The van der Waals surface area contributed by atoms with Gasteiger partial charge in [0.15, 0.2) is 37.9 Å². The number of aromatic nitrogens is 2. The van der Waals surface area contributed by atoms with Gasteiger partial charge in [-0.15, -0.1) is 0 Å². The molecule has 0 saturated carbocycles. The summed E-state index contributed by atoms with van der Waals surface area (Å²) in [4.78, 5) is 0. The van der Waals surface area contributed by atoms with Crippen molar-refractivity contribution in [3.8, 4) is 0 Å². The zero-order chi connectivity index (χ0) is 26.6. The van der Waals surface area contributed by atoms with Crippen molar-refractivity contribution in [2.75, 3.05) is 24.0 Å². The van der Waals surface area contributed by atoms with Gasteiger partial charge in [0.2, 0.25) is 0 Å². The van der Waals surface area contributed by atoms with E-state index in [1.165, 1.54) is 62.9 Å². The van der Waals surface area contributed by atoms with Crippen LogP contribution in [-0.2, 0) is 59.0 Å². The summed E-state index contributed by atoms with van der Waals surface area (Å²) in [6.07, 6.45) is 21.1. The average molecular weight is 577 g/mol. The zero-order valence-corrected chi connectivity index (χ0v) is 24.2. The number of aryl methyl sites for hydroxylation is 6. The van der Waals surface area contributed by atoms with Crippen LogP contribution in [0.15, 0.2) is 36.9 Å². The second-order valence-corrected chi connectivity index (χ2v) is 14.5. The summed E-state index contributed by atoms with van der Waals surface area (Å²) in [5.41, 5.74) is 6.33. The molecule has 202 valence electrons. The number of rotatable bonds is 7. The molecule has 36 heavy (non-hydrogen) atoms. The molecule has 0 atom stereocenters. The second kappa shape index (κ2) is 15.3. The third-order valence-corrected chi connectivity index (χ3v) is 8.00. The summed E-state index contributed by atoms with van der Waals surface area (Å²) in [6.45, 7) is 2.24. The van der Waals surface area contributed by atoms with Gasteiger partial charge in [0, 0.05) is 35.8 Å². The van der Waals surface area contributed by atoms with Gasteiger partial charge in [-0.3, -0.25) is 0 Å². The molecule has 0 radical (unpaired) electrons. The Bertz CT molecular complexity index is 1080. The fourth-order valence-electron chi connectivity index (χ4n) is 4.12. The van der Waals surface area contributed by atoms with Crippen molar-refractivity contribution < 1.29 is 35.1 Å². The van der Waals surface area contributed by atoms with E-state index in [4.69, 9.17) is 25.9 Å². The van der Waals surface area contributed by atoms with E-state index in [1.807, 2.05) is 21.6 Å². The van der Waals surface area contributed by atoms with Crippen LogP contribution in [0, 0.1) is 0 Å². The van der Waals surface area contributed by atoms with Crippen molar-refractivity contribution in [1.29, 1.82) is 0 Å². The summed E-state index contributed by atoms with van der Waals surface area (Å²) >= 11 is 0. The molecule has 0 bridgehead atoms. The van der Waals surface area contributed by atoms with Crippen LogP contribution < -0.4 is 9.13 Å². The van der Waals surface area contributed by atoms with Crippen LogP contribution in [0.1, 0.15) is 47.9 Å². The molecule has 2 aliphatic rings. The van der Waals surface area contributed by atoms with Crippen LogP contribution >= 0.6 is 21.6 Å². The smallest absolute Gasteiger partial charge is 0.172 e. The summed E-state index contributed by atoms with van der Waals surface area (Å²) in [6, 6.07) is 4.69. The molecule has 0 fully saturated rings. The number of hydrogen-bond donors (Lipinski definition) is 0. The molecule has 0 spiro atoms. The summed E-state index contributed by atoms with van der Waals surface area (Å²) in [5.74, 6) is 2.37. The first-order valence-corrected chi connectivity index (χ1v) is 18.1. The summed E-state index contributed by atoms with van der Waals surface area (Å²) in [5, 5.41) is 0. The number of fused-ring (bicyclic) bond motifs is 2. The van der Waals surface area contributed by atoms with Gasteiger partial charge in [0.1, 0.15) is 0 Å². The molecule has 0 N–H and O–H groups in total. The largest absolute Gasteiger partial charge is 0.748 e. The van der Waals surface area contributed by atoms with Crippen molar-refractivity contribution in [2.24, 2.45) is 0 Å². The molecule has 2 heterocycles. The standard InChI is InChI=1S/C22H30N2S2.2CH4O3S/c1-3-7-21-17-23(11-9-19(21)5-1)13-15-25-26-16-14-24-12-10-20-6-2-4-8-22(20)18-24;2*1-5(2,3)4/h9-12,17-18H,1-8,13-16H2;2*1H3,(H,2,3,4)/q+2;;/p-2. The zero-order valence-electron chi connectivity index (χ0n) is 20.9. The van der Waals surface area contributed by atoms with Crippen LogP contribution in [0.25, 0.3) is 0 Å². The van der Waals surface area contributed by atoms with Gasteiger partial charge in [-0.2, -0.15) is 0 Å². The molecule has 0 saturated heterocycles. The highest BCUT2D eigenvalue weighted by Gasteiger charge is 2.14. The first-order chi connectivity index (χ1) is 16.9. The Labute approximate surface area is 223 Å². The lowest BCUT2D eigenvalue weighted by molar-refractivity contribution is -0.693. The maximum absolute atomic E-state index is 9.08. The molecule has 4 rings (SSSR count). The Balaban J connectivity index is 0.000000389. The molecular formula is C24H36N2O6S4. The Kier molecular flexibility index (Phi) is 13.2. The van der Waals surface area contributed by atoms with Crippen molar-refractivity contribution in [2.45, 2.75) is 64.5 Å². The highest BCUT2D eigenvalue weighted by molar-refractivity contribution is 8.76. The lowest BCUT2D eigenvalue weighted by Gasteiger charge is -2.13. The SMILES string of the molecule is CS(=O)(=O)[O-].CS(=O)(=O)[O-].c1c[n+](CCSSCC[n+]2ccc3c(c2)CCCC3)cc2c1CCCC2. The molecule has 12 heteroatoms. The number of pyridine rings is 2. The number of nitrogens with zero attached hydrogens (tertiary/aromatic N) is 2. The van der Waals surface area contributed by atoms with Gasteiger partial charge in [-0.25, -0.2) is 26.0 Å². The lowest BCUT2D eigenvalue weighted by atomic mass is 9.93. The molecule has 2 aromatic rings. The van der Waals surface area contributed by atoms with Crippen LogP contribution in [0.3, 0.4) is 0 Å². The number of hydrogen-bond acceptors (Lipinski definition) is 8. The predicted octanol–water partition coefficient (Wildman–Crippen LogP) is 2.42. The minimum Gasteiger partial charge on any atom is -0.748 e. The minimum atomic E-state index is -3.92. The first kappa shape index (κ1) is 31.0. The fraction of sp³-hybridized carbons (Fsp3) is 0.583. The second-order valence-electron chi connectivity index (χ2n) is 8.93. The lowest BCUT2D eigenvalue weighted by Crippen LogP contribution is -2.36. The van der Waals surface area contributed by atoms with E-state index in [2.05, 4.69) is 46.1 Å². The van der Waals surface area contributed by atoms with Crippen LogP contribution in [-0.4, -0.2) is 50.0 Å². The van der Waals surface area contributed by atoms with Crippen molar-refractivity contribution in [1.82, 2.24) is 0 Å². The van der Waals surface area contributed by atoms with E-state index < -0.39 is 20.2 Å². The maximum atomic E-state index is 9.08. The monoisotopic (exact) mass is 576 g/mol. The van der Waals surface area contributed by atoms with Crippen LogP contribution in [0.2, 0.25) is 0 Å². The van der Waals surface area contributed by atoms with E-state index in [-0.39, 0.29) is 0 Å². The molecule has 0 unspecified atom stereocenters. The topological polar surface area (TPSA) is 122 Å². The van der Waals surface area contributed by atoms with Gasteiger partial charge in [-0.05, 0) is 62.5 Å². The summed E-state index contributed by atoms with van der Waals surface area (Å²) in [7, 11) is -3.80. The third-order valence-electron chi connectivity index (χ3n) is 5.64. The molecule has 0 amide bonds. The minimum absolute atomic E-state index is 0.604. The van der Waals surface area contributed by atoms with Crippen LogP contribution in [0.4, 0.5) is 0 Å². The van der Waals surface area contributed by atoms with Crippen LogP contribution in [0.5, 0.6) is 0 Å². The Morgan fingerprint density at radius 3 is 1.31 bits per heavy atom. The summed E-state index contributed by atoms with van der Waals surface area (Å²) < 4.78 is 59.2. The van der Waals surface area contributed by atoms with Gasteiger partial charge < -0.3 is 9.11 Å². The predicted molar refractivity (Wildman–Crippen MR) is 143 cm³/mol. The van der Waals surface area contributed by atoms with Crippen molar-refractivity contribution in [3.05, 3.63) is 59.2 Å². The fourth-order valence-corrected chi connectivity index (χ4v) is 6.08. The maximum Gasteiger partial charge on any atom is 0.172 e. The van der Waals surface area contributed by atoms with Crippen molar-refractivity contribution in [3.63, 3.8) is 0 Å². The Morgan fingerprint density at radius 2 is 0.972 bits per heavy atom. The average Bonchev–Trinajstić information content (AvgIpc) is 2.79. The quantitative estimate of drug-likeness (QED) is 0.213. The van der Waals surface area contributed by atoms with Gasteiger partial charge in [0.25, 0.3) is 0 Å². The van der Waals surface area contributed by atoms with Gasteiger partial charge in [0.05, 0.1) is 31.7 Å². The highest BCUT2D eigenvalue weighted by atomic mass is 33.1. The molecule has 0 aliphatic heterocycles. The van der Waals surface area contributed by atoms with Crippen molar-refractivity contribution >= 4 is 41.8 Å². The van der Waals surface area contributed by atoms with Gasteiger partial charge in [-0.1, -0.05) is 21.6 Å². The Morgan fingerprint density at radius 1 is 0.667 bits per heavy atom. The molecule has 8 nitrogen and oxygen atoms in total. The normalized spacial score (nSPS) is 14.9. The molecule has 2 aromatic heterocycles. The highest BCUT2D eigenvalue weighted by Crippen LogP contribution is 2.22. The van der Waals surface area contributed by atoms with E-state index in [1.54, 1.807) is 22.3 Å². The van der Waals surface area contributed by atoms with E-state index in [9.17, 15) is 0 Å². The van der Waals surface area contributed by atoms with E-state index in [0.717, 1.165) is 13.1 Å². The first-order valence-electron chi connectivity index (χ1n) is 12.0. The molecule has 0 aromatic carbocycles. The van der Waals surface area contributed by atoms with Gasteiger partial charge >= 0.3 is 0 Å². The molecular weight excluding hydrogens is 541 g/mol. The third kappa shape index (κ3) is 14.5. The Hall–Kier alpha value is -1.18. The van der Waals surface area contributed by atoms with E-state index >= 15 is 0 Å².